The molecule has 0 unspecified atom stereocenters. The largest absolute Gasteiger partial charge is 0.326 e. The number of para-hydroxylation sites is 1. The van der Waals surface area contributed by atoms with E-state index < -0.39 is 10.0 Å². The highest BCUT2D eigenvalue weighted by atomic mass is 32.2. The maximum absolute atomic E-state index is 13.6. The van der Waals surface area contributed by atoms with Crippen LogP contribution in [0, 0.1) is 25.6 Å². The van der Waals surface area contributed by atoms with Crippen molar-refractivity contribution in [2.75, 3.05) is 29.9 Å². The maximum Gasteiger partial charge on any atom is 0.248 e. The molecule has 1 N–H and O–H groups in total. The Morgan fingerprint density at radius 1 is 1.03 bits per heavy atom. The first kappa shape index (κ1) is 26.1. The van der Waals surface area contributed by atoms with Crippen molar-refractivity contribution in [1.29, 1.82) is 0 Å². The Morgan fingerprint density at radius 3 is 2.42 bits per heavy atom. The zero-order chi connectivity index (χ0) is 27.0. The van der Waals surface area contributed by atoms with Crippen molar-refractivity contribution in [3.63, 3.8) is 0 Å². The first-order chi connectivity index (χ1) is 18.1. The third-order valence-electron chi connectivity index (χ3n) is 7.32. The number of hydrogen-bond acceptors (Lipinski definition) is 5. The van der Waals surface area contributed by atoms with Crippen LogP contribution in [0.3, 0.4) is 0 Å². The summed E-state index contributed by atoms with van der Waals surface area (Å²) in [6.45, 7) is 4.22. The number of nitrogens with zero attached hydrogens (tertiary/aromatic N) is 4. The van der Waals surface area contributed by atoms with Crippen molar-refractivity contribution in [3.05, 3.63) is 71.3 Å². The van der Waals surface area contributed by atoms with Gasteiger partial charge in [0.1, 0.15) is 17.3 Å². The van der Waals surface area contributed by atoms with Crippen LogP contribution in [0.15, 0.2) is 53.4 Å². The minimum atomic E-state index is -3.87. The molecule has 0 aliphatic carbocycles. The van der Waals surface area contributed by atoms with E-state index in [9.17, 15) is 22.4 Å². The van der Waals surface area contributed by atoms with Crippen molar-refractivity contribution in [2.45, 2.75) is 44.6 Å². The monoisotopic (exact) mass is 539 g/mol. The second kappa shape index (κ2) is 10.3. The van der Waals surface area contributed by atoms with E-state index in [1.807, 2.05) is 24.3 Å². The molecule has 0 bridgehead atoms. The van der Waals surface area contributed by atoms with E-state index in [-0.39, 0.29) is 48.1 Å². The Bertz CT molecular complexity index is 1480. The quantitative estimate of drug-likeness (QED) is 0.518. The number of carbonyl (C=O) groups excluding carboxylic acids is 2. The smallest absolute Gasteiger partial charge is 0.248 e. The predicted molar refractivity (Wildman–Crippen MR) is 141 cm³/mol. The summed E-state index contributed by atoms with van der Waals surface area (Å²) >= 11 is 0. The van der Waals surface area contributed by atoms with Crippen LogP contribution in [0.4, 0.5) is 15.8 Å². The number of amides is 2. The van der Waals surface area contributed by atoms with E-state index in [0.29, 0.717) is 36.5 Å². The fourth-order valence-corrected chi connectivity index (χ4v) is 7.13. The molecule has 2 aliphatic rings. The summed E-state index contributed by atoms with van der Waals surface area (Å²) in [4.78, 5) is 27.6. The van der Waals surface area contributed by atoms with Gasteiger partial charge in [-0.1, -0.05) is 18.2 Å². The first-order valence-corrected chi connectivity index (χ1v) is 14.1. The van der Waals surface area contributed by atoms with Crippen LogP contribution in [-0.4, -0.2) is 54.0 Å². The van der Waals surface area contributed by atoms with Crippen molar-refractivity contribution in [2.24, 2.45) is 5.92 Å². The Labute approximate surface area is 221 Å². The molecule has 9 nitrogen and oxygen atoms in total. The highest BCUT2D eigenvalue weighted by molar-refractivity contribution is 7.89. The summed E-state index contributed by atoms with van der Waals surface area (Å²) < 4.78 is 43.1. The van der Waals surface area contributed by atoms with Crippen LogP contribution in [0.2, 0.25) is 0 Å². The highest BCUT2D eigenvalue weighted by Gasteiger charge is 2.36. The van der Waals surface area contributed by atoms with Gasteiger partial charge in [0.25, 0.3) is 0 Å². The molecule has 1 saturated heterocycles. The molecule has 5 rings (SSSR count). The van der Waals surface area contributed by atoms with Gasteiger partial charge in [-0.25, -0.2) is 12.8 Å². The molecule has 3 heterocycles. The van der Waals surface area contributed by atoms with Crippen molar-refractivity contribution < 1.29 is 22.4 Å². The van der Waals surface area contributed by atoms with Gasteiger partial charge in [-0.3, -0.25) is 14.3 Å². The lowest BCUT2D eigenvalue weighted by Gasteiger charge is -2.30. The van der Waals surface area contributed by atoms with Gasteiger partial charge in [-0.15, -0.1) is 0 Å². The SMILES string of the molecule is Cc1nn(CC(=O)N2CCc3ccccc32)c(C)c1S(=O)(=O)N1CCC(C(=O)Nc2ccc(F)cc2)CC1. The van der Waals surface area contributed by atoms with Crippen LogP contribution in [0.1, 0.15) is 29.8 Å². The number of anilines is 2. The molecular weight excluding hydrogens is 509 g/mol. The molecule has 0 saturated carbocycles. The number of sulfonamides is 1. The average Bonchev–Trinajstić information content (AvgIpc) is 3.46. The molecule has 1 fully saturated rings. The molecule has 200 valence electrons. The van der Waals surface area contributed by atoms with Gasteiger partial charge in [0.2, 0.25) is 21.8 Å². The number of aromatic nitrogens is 2. The number of aryl methyl sites for hydroxylation is 1. The van der Waals surface area contributed by atoms with Crippen LogP contribution < -0.4 is 10.2 Å². The molecule has 0 spiro atoms. The average molecular weight is 540 g/mol. The molecule has 0 radical (unpaired) electrons. The Hall–Kier alpha value is -3.57. The number of hydrogen-bond donors (Lipinski definition) is 1. The molecule has 3 aromatic rings. The van der Waals surface area contributed by atoms with Crippen molar-refractivity contribution in [1.82, 2.24) is 14.1 Å². The van der Waals surface area contributed by atoms with Crippen LogP contribution in [0.5, 0.6) is 0 Å². The molecule has 0 atom stereocenters. The lowest BCUT2D eigenvalue weighted by molar-refractivity contribution is -0.121. The summed E-state index contributed by atoms with van der Waals surface area (Å²) in [5.41, 5.74) is 3.26. The van der Waals surface area contributed by atoms with Gasteiger partial charge in [0.05, 0.1) is 11.4 Å². The lowest BCUT2D eigenvalue weighted by Crippen LogP contribution is -2.41. The van der Waals surface area contributed by atoms with Gasteiger partial charge < -0.3 is 10.2 Å². The summed E-state index contributed by atoms with van der Waals surface area (Å²) in [5, 5.41) is 7.18. The number of benzene rings is 2. The fourth-order valence-electron chi connectivity index (χ4n) is 5.28. The van der Waals surface area contributed by atoms with E-state index in [0.717, 1.165) is 17.7 Å². The molecule has 11 heteroatoms. The van der Waals surface area contributed by atoms with E-state index in [4.69, 9.17) is 0 Å². The Morgan fingerprint density at radius 2 is 1.71 bits per heavy atom. The molecule has 2 aliphatic heterocycles. The lowest BCUT2D eigenvalue weighted by atomic mass is 9.97. The number of nitrogens with one attached hydrogen (secondary N) is 1. The molecule has 1 aromatic heterocycles. The first-order valence-electron chi connectivity index (χ1n) is 12.6. The van der Waals surface area contributed by atoms with E-state index in [2.05, 4.69) is 10.4 Å². The van der Waals surface area contributed by atoms with Gasteiger partial charge >= 0.3 is 0 Å². The molecule has 2 amide bonds. The Kier molecular flexibility index (Phi) is 7.06. The van der Waals surface area contributed by atoms with Crippen LogP contribution in [-0.2, 0) is 32.6 Å². The van der Waals surface area contributed by atoms with Gasteiger partial charge in [-0.05, 0) is 69.0 Å². The zero-order valence-electron chi connectivity index (χ0n) is 21.4. The van der Waals surface area contributed by atoms with E-state index in [1.165, 1.54) is 33.3 Å². The van der Waals surface area contributed by atoms with E-state index >= 15 is 0 Å². The minimum Gasteiger partial charge on any atom is -0.326 e. The van der Waals surface area contributed by atoms with Crippen LogP contribution in [0.25, 0.3) is 0 Å². The number of halogens is 1. The van der Waals surface area contributed by atoms with Gasteiger partial charge in [-0.2, -0.15) is 9.40 Å². The van der Waals surface area contributed by atoms with Crippen molar-refractivity contribution in [3.8, 4) is 0 Å². The van der Waals surface area contributed by atoms with Gasteiger partial charge in [0.15, 0.2) is 0 Å². The molecule has 2 aromatic carbocycles. The summed E-state index contributed by atoms with van der Waals surface area (Å²) in [6.07, 6.45) is 1.52. The summed E-state index contributed by atoms with van der Waals surface area (Å²) in [5.74, 6) is -1.09. The Balaban J connectivity index is 1.25. The van der Waals surface area contributed by atoms with Crippen molar-refractivity contribution >= 4 is 33.2 Å². The molecular formula is C27H30FN5O4S. The number of rotatable bonds is 6. The third-order valence-corrected chi connectivity index (χ3v) is 9.47. The number of piperidine rings is 1. The zero-order valence-corrected chi connectivity index (χ0v) is 22.2. The second-order valence-corrected chi connectivity index (χ2v) is 11.6. The number of fused-ring (bicyclic) bond motifs is 1. The van der Waals surface area contributed by atoms with Crippen LogP contribution >= 0.6 is 0 Å². The third kappa shape index (κ3) is 4.95. The highest BCUT2D eigenvalue weighted by Crippen LogP contribution is 2.30. The number of carbonyl (C=O) groups is 2. The minimum absolute atomic E-state index is 0.0534. The van der Waals surface area contributed by atoms with E-state index in [1.54, 1.807) is 18.7 Å². The maximum atomic E-state index is 13.6. The predicted octanol–water partition coefficient (Wildman–Crippen LogP) is 3.27. The second-order valence-electron chi connectivity index (χ2n) is 9.76. The fraction of sp³-hybridized carbons (Fsp3) is 0.370. The standard InChI is InChI=1S/C27H30FN5O4S/c1-18-26(19(2)33(30-18)17-25(34)32-16-13-20-5-3-4-6-24(20)32)38(36,37)31-14-11-21(12-15-31)27(35)29-23-9-7-22(28)8-10-23/h3-10,21H,11-17H2,1-2H3,(H,29,35). The normalized spacial score (nSPS) is 16.4. The summed E-state index contributed by atoms with van der Waals surface area (Å²) in [7, 11) is -3.87. The molecule has 38 heavy (non-hydrogen) atoms. The summed E-state index contributed by atoms with van der Waals surface area (Å²) in [6, 6.07) is 13.3. The van der Waals surface area contributed by atoms with Gasteiger partial charge in [0, 0.05) is 36.9 Å². The topological polar surface area (TPSA) is 105 Å².